The quantitative estimate of drug-likeness (QED) is 0.278. The predicted octanol–water partition coefficient (Wildman–Crippen LogP) is 1.82. The summed E-state index contributed by atoms with van der Waals surface area (Å²) in [5.74, 6) is 0.681. The summed E-state index contributed by atoms with van der Waals surface area (Å²) in [6, 6.07) is 9.33. The molecule has 1 unspecified atom stereocenters. The number of fused-ring (bicyclic) bond motifs is 1. The smallest absolute Gasteiger partial charge is 0.220 e. The van der Waals surface area contributed by atoms with Gasteiger partial charge in [-0.25, -0.2) is 24.8 Å². The summed E-state index contributed by atoms with van der Waals surface area (Å²) in [7, 11) is 1.53. The molecule has 0 spiro atoms. The summed E-state index contributed by atoms with van der Waals surface area (Å²) in [6.45, 7) is 2.54. The number of nitrogen functional groups attached to an aromatic ring is 1. The number of nitrogens with zero attached hydrogens (tertiary/aromatic N) is 4. The number of anilines is 1. The third-order valence-electron chi connectivity index (χ3n) is 5.74. The first-order valence-electron chi connectivity index (χ1n) is 11.2. The van der Waals surface area contributed by atoms with Gasteiger partial charge in [-0.15, -0.1) is 0 Å². The number of nitrogens with two attached hydrogens (primary N) is 3. The Bertz CT molecular complexity index is 1240. The minimum Gasteiger partial charge on any atom is -0.481 e. The van der Waals surface area contributed by atoms with Crippen molar-refractivity contribution in [2.45, 2.75) is 31.8 Å². The van der Waals surface area contributed by atoms with Crippen LogP contribution in [0, 0.1) is 12.7 Å². The number of methoxy groups -OCH3 is 1. The zero-order valence-electron chi connectivity index (χ0n) is 19.7. The predicted molar refractivity (Wildman–Crippen MR) is 131 cm³/mol. The molecule has 4 rings (SSSR count). The minimum absolute atomic E-state index is 0.160. The van der Waals surface area contributed by atoms with Gasteiger partial charge in [0.15, 0.2) is 5.84 Å². The number of ether oxygens (including phenoxy) is 1. The summed E-state index contributed by atoms with van der Waals surface area (Å²) in [6.07, 6.45) is 1.02. The Morgan fingerprint density at radius 1 is 1.20 bits per heavy atom. The van der Waals surface area contributed by atoms with E-state index in [0.717, 1.165) is 11.1 Å². The lowest BCUT2D eigenvalue weighted by molar-refractivity contribution is 0.0794. The van der Waals surface area contributed by atoms with Crippen molar-refractivity contribution in [2.75, 3.05) is 26.0 Å². The molecular formula is C24H29FN8O2. The van der Waals surface area contributed by atoms with Crippen LogP contribution in [0.4, 0.5) is 10.3 Å². The molecule has 0 amide bonds. The van der Waals surface area contributed by atoms with Gasteiger partial charge in [-0.2, -0.15) is 0 Å². The topological polar surface area (TPSA) is 160 Å². The number of halogens is 1. The van der Waals surface area contributed by atoms with Crippen LogP contribution < -0.4 is 27.4 Å². The number of hydrogen-bond acceptors (Lipinski definition) is 10. The molecule has 11 heteroatoms. The molecular weight excluding hydrogens is 451 g/mol. The molecule has 0 aliphatic carbocycles. The number of aryl methyl sites for hydroxylation is 1. The van der Waals surface area contributed by atoms with E-state index in [-0.39, 0.29) is 17.8 Å². The lowest BCUT2D eigenvalue weighted by atomic mass is 9.91. The van der Waals surface area contributed by atoms with E-state index in [1.54, 1.807) is 24.3 Å². The SMILES string of the molecule is COc1cccc(-c2cc(F)ccc2[C@H]2Cc3nc(N)nc(C)c3C(NOCCC(N)CN)=N2)n1. The molecule has 2 aromatic heterocycles. The van der Waals surface area contributed by atoms with Crippen LogP contribution in [0.15, 0.2) is 41.4 Å². The fraction of sp³-hybridized carbons (Fsp3) is 0.333. The number of nitrogens with one attached hydrogen (secondary N) is 1. The second-order valence-electron chi connectivity index (χ2n) is 8.22. The van der Waals surface area contributed by atoms with Gasteiger partial charge in [0.25, 0.3) is 0 Å². The van der Waals surface area contributed by atoms with Gasteiger partial charge in [0.05, 0.1) is 42.4 Å². The average Bonchev–Trinajstić information content (AvgIpc) is 2.85. The average molecular weight is 481 g/mol. The maximum Gasteiger partial charge on any atom is 0.220 e. The zero-order chi connectivity index (χ0) is 24.9. The van der Waals surface area contributed by atoms with E-state index in [1.165, 1.54) is 19.2 Å². The van der Waals surface area contributed by atoms with Gasteiger partial charge >= 0.3 is 0 Å². The second-order valence-corrected chi connectivity index (χ2v) is 8.22. The standard InChI is InChI=1S/C24H29FN8O2/c1-13-22-20(32-24(28)29-13)11-19(31-23(22)33-35-9-8-15(27)12-26)16-7-6-14(25)10-17(16)18-4-3-5-21(30-18)34-2/h3-7,10,15,19H,8-9,11-12,26-27H2,1-2H3,(H,31,33)(H2,28,29,32)/t15?,19-/m1/s1. The van der Waals surface area contributed by atoms with Gasteiger partial charge < -0.3 is 21.9 Å². The summed E-state index contributed by atoms with van der Waals surface area (Å²) in [5, 5.41) is 0. The van der Waals surface area contributed by atoms with Crippen LogP contribution in [0.2, 0.25) is 0 Å². The Hall–Kier alpha value is -3.67. The van der Waals surface area contributed by atoms with E-state index in [0.29, 0.717) is 60.4 Å². The van der Waals surface area contributed by atoms with E-state index in [2.05, 4.69) is 20.4 Å². The Morgan fingerprint density at radius 2 is 2.03 bits per heavy atom. The monoisotopic (exact) mass is 480 g/mol. The largest absolute Gasteiger partial charge is 0.481 e. The molecule has 7 N–H and O–H groups in total. The van der Waals surface area contributed by atoms with Crippen molar-refractivity contribution in [3.8, 4) is 17.1 Å². The lowest BCUT2D eigenvalue weighted by Crippen LogP contribution is -2.35. The highest BCUT2D eigenvalue weighted by molar-refractivity contribution is 6.01. The Labute approximate surface area is 202 Å². The van der Waals surface area contributed by atoms with Gasteiger partial charge in [-0.05, 0) is 37.1 Å². The number of hydroxylamine groups is 1. The number of aliphatic imine (C=N–C) groups is 1. The summed E-state index contributed by atoms with van der Waals surface area (Å²) >= 11 is 0. The van der Waals surface area contributed by atoms with E-state index in [9.17, 15) is 4.39 Å². The van der Waals surface area contributed by atoms with Crippen LogP contribution in [0.5, 0.6) is 5.88 Å². The molecule has 2 atom stereocenters. The highest BCUT2D eigenvalue weighted by atomic mass is 19.1. The number of aromatic nitrogens is 3. The van der Waals surface area contributed by atoms with Crippen LogP contribution in [-0.2, 0) is 11.3 Å². The van der Waals surface area contributed by atoms with Crippen LogP contribution in [0.3, 0.4) is 0 Å². The molecule has 3 heterocycles. The summed E-state index contributed by atoms with van der Waals surface area (Å²) in [4.78, 5) is 23.8. The highest BCUT2D eigenvalue weighted by Gasteiger charge is 2.28. The number of hydrogen-bond donors (Lipinski definition) is 4. The molecule has 0 bridgehead atoms. The lowest BCUT2D eigenvalue weighted by Gasteiger charge is -2.26. The molecule has 1 aromatic carbocycles. The second kappa shape index (κ2) is 10.7. The van der Waals surface area contributed by atoms with Crippen LogP contribution in [0.25, 0.3) is 11.3 Å². The number of pyridine rings is 1. The first-order chi connectivity index (χ1) is 16.9. The van der Waals surface area contributed by atoms with Gasteiger partial charge in [0, 0.05) is 30.6 Å². The third kappa shape index (κ3) is 5.53. The summed E-state index contributed by atoms with van der Waals surface area (Å²) < 4.78 is 19.6. The highest BCUT2D eigenvalue weighted by Crippen LogP contribution is 2.36. The first-order valence-corrected chi connectivity index (χ1v) is 11.2. The fourth-order valence-electron chi connectivity index (χ4n) is 3.98. The maximum absolute atomic E-state index is 14.3. The molecule has 0 saturated heterocycles. The number of amidine groups is 1. The van der Waals surface area contributed by atoms with Crippen molar-refractivity contribution in [2.24, 2.45) is 16.5 Å². The molecule has 1 aliphatic heterocycles. The van der Waals surface area contributed by atoms with Gasteiger partial charge in [0.2, 0.25) is 11.8 Å². The Balaban J connectivity index is 1.73. The van der Waals surface area contributed by atoms with Crippen molar-refractivity contribution in [1.29, 1.82) is 0 Å². The van der Waals surface area contributed by atoms with Crippen LogP contribution in [0.1, 0.15) is 35.0 Å². The number of rotatable bonds is 8. The van der Waals surface area contributed by atoms with E-state index < -0.39 is 6.04 Å². The minimum atomic E-state index is -0.405. The van der Waals surface area contributed by atoms with Crippen molar-refractivity contribution < 1.29 is 14.0 Å². The molecule has 0 saturated carbocycles. The van der Waals surface area contributed by atoms with Gasteiger partial charge in [0.1, 0.15) is 5.82 Å². The summed E-state index contributed by atoms with van der Waals surface area (Å²) in [5.41, 5.74) is 24.4. The molecule has 3 aromatic rings. The van der Waals surface area contributed by atoms with Crippen molar-refractivity contribution in [3.63, 3.8) is 0 Å². The zero-order valence-corrected chi connectivity index (χ0v) is 19.7. The molecule has 1 aliphatic rings. The molecule has 0 radical (unpaired) electrons. The van der Waals surface area contributed by atoms with Gasteiger partial charge in [-0.3, -0.25) is 9.83 Å². The van der Waals surface area contributed by atoms with Gasteiger partial charge in [-0.1, -0.05) is 12.1 Å². The Kier molecular flexibility index (Phi) is 7.49. The van der Waals surface area contributed by atoms with Crippen molar-refractivity contribution >= 4 is 11.8 Å². The number of benzene rings is 1. The molecule has 35 heavy (non-hydrogen) atoms. The molecule has 184 valence electrons. The van der Waals surface area contributed by atoms with E-state index >= 15 is 0 Å². The molecule has 0 fully saturated rings. The normalized spacial score (nSPS) is 15.8. The maximum atomic E-state index is 14.3. The van der Waals surface area contributed by atoms with Crippen LogP contribution in [-0.4, -0.2) is 47.1 Å². The Morgan fingerprint density at radius 3 is 2.80 bits per heavy atom. The molecule has 10 nitrogen and oxygen atoms in total. The van der Waals surface area contributed by atoms with E-state index in [4.69, 9.17) is 31.8 Å². The third-order valence-corrected chi connectivity index (χ3v) is 5.74. The fourth-order valence-corrected chi connectivity index (χ4v) is 3.98. The van der Waals surface area contributed by atoms with E-state index in [1.807, 2.05) is 6.92 Å². The van der Waals surface area contributed by atoms with Crippen molar-refractivity contribution in [1.82, 2.24) is 20.4 Å². The van der Waals surface area contributed by atoms with Crippen LogP contribution >= 0.6 is 0 Å². The van der Waals surface area contributed by atoms with Crippen molar-refractivity contribution in [3.05, 3.63) is 64.7 Å². The first kappa shape index (κ1) is 24.5.